The molecule has 0 spiro atoms. The molecule has 3 rings (SSSR count). The van der Waals surface area contributed by atoms with Crippen molar-refractivity contribution in [2.75, 3.05) is 39.8 Å². The largest absolute Gasteiger partial charge is 0.339 e. The van der Waals surface area contributed by atoms with Gasteiger partial charge in [-0.05, 0) is 31.3 Å². The van der Waals surface area contributed by atoms with Crippen LogP contribution < -0.4 is 0 Å². The molecule has 30 heavy (non-hydrogen) atoms. The molecule has 0 saturated carbocycles. The fraction of sp³-hybridized carbons (Fsp3) is 0.444. The van der Waals surface area contributed by atoms with Gasteiger partial charge in [0.1, 0.15) is 11.6 Å². The monoisotopic (exact) mass is 445 g/mol. The number of benzene rings is 1. The van der Waals surface area contributed by atoms with Gasteiger partial charge in [0.2, 0.25) is 15.9 Å². The Kier molecular flexibility index (Phi) is 6.78. The van der Waals surface area contributed by atoms with E-state index in [1.165, 1.54) is 33.7 Å². The smallest absolute Gasteiger partial charge is 0.319 e. The second-order valence-corrected chi connectivity index (χ2v) is 8.88. The second-order valence-electron chi connectivity index (χ2n) is 6.94. The van der Waals surface area contributed by atoms with Crippen LogP contribution in [0.3, 0.4) is 0 Å². The summed E-state index contributed by atoms with van der Waals surface area (Å²) in [7, 11) is -2.14. The molecule has 0 atom stereocenters. The van der Waals surface area contributed by atoms with Crippen molar-refractivity contribution in [3.63, 3.8) is 0 Å². The Labute approximate surface area is 172 Å². The quantitative estimate of drug-likeness (QED) is 0.644. The molecule has 1 aliphatic rings. The summed E-state index contributed by atoms with van der Waals surface area (Å²) in [5.41, 5.74) is 0. The first-order valence-corrected chi connectivity index (χ1v) is 10.6. The Hall–Kier alpha value is -2.44. The summed E-state index contributed by atoms with van der Waals surface area (Å²) >= 11 is 0. The number of likely N-dealkylation sites (N-methyl/N-ethyl adjacent to an activating group) is 1. The minimum Gasteiger partial charge on any atom is -0.339 e. The summed E-state index contributed by atoms with van der Waals surface area (Å²) in [6.45, 7) is -2.00. The number of hydrogen-bond acceptors (Lipinski definition) is 5. The van der Waals surface area contributed by atoms with Gasteiger partial charge >= 0.3 is 6.55 Å². The van der Waals surface area contributed by atoms with E-state index in [1.54, 1.807) is 11.9 Å². The number of sulfonamides is 1. The predicted molar refractivity (Wildman–Crippen MR) is 102 cm³/mol. The minimum atomic E-state index is -3.76. The van der Waals surface area contributed by atoms with Crippen molar-refractivity contribution in [2.24, 2.45) is 0 Å². The molecule has 164 valence electrons. The fourth-order valence-corrected chi connectivity index (χ4v) is 4.63. The molecule has 1 aromatic heterocycles. The van der Waals surface area contributed by atoms with E-state index in [0.29, 0.717) is 0 Å². The van der Waals surface area contributed by atoms with Crippen LogP contribution in [0.15, 0.2) is 41.6 Å². The maximum Gasteiger partial charge on any atom is 0.319 e. The van der Waals surface area contributed by atoms with Crippen LogP contribution in [-0.4, -0.2) is 77.8 Å². The lowest BCUT2D eigenvalue weighted by Crippen LogP contribution is -2.52. The predicted octanol–water partition coefficient (Wildman–Crippen LogP) is 1.38. The van der Waals surface area contributed by atoms with Gasteiger partial charge in [-0.15, -0.1) is 0 Å². The van der Waals surface area contributed by atoms with Crippen molar-refractivity contribution in [3.05, 3.63) is 48.3 Å². The molecule has 1 fully saturated rings. The van der Waals surface area contributed by atoms with Gasteiger partial charge in [0.15, 0.2) is 0 Å². The van der Waals surface area contributed by atoms with Gasteiger partial charge < -0.3 is 4.90 Å². The highest BCUT2D eigenvalue weighted by Gasteiger charge is 2.30. The summed E-state index contributed by atoms with van der Waals surface area (Å²) in [5.74, 6) is -0.605. The van der Waals surface area contributed by atoms with Crippen molar-refractivity contribution >= 4 is 15.9 Å². The number of carbonyl (C=O) groups excluding carboxylic acids is 1. The standard InChI is InChI=1S/C18H22F3N5O3S/c1-23(12-16-22-6-7-26(16)18(20)21)13-17(27)24-8-10-25(11-9-24)30(28,29)15-4-2-14(19)3-5-15/h2-7,18H,8-13H2,1H3. The lowest BCUT2D eigenvalue weighted by Gasteiger charge is -2.34. The van der Waals surface area contributed by atoms with Crippen LogP contribution in [0.2, 0.25) is 0 Å². The van der Waals surface area contributed by atoms with Crippen molar-refractivity contribution in [3.8, 4) is 0 Å². The Morgan fingerprint density at radius 1 is 1.17 bits per heavy atom. The lowest BCUT2D eigenvalue weighted by atomic mass is 10.3. The number of nitrogens with zero attached hydrogens (tertiary/aromatic N) is 5. The highest BCUT2D eigenvalue weighted by Crippen LogP contribution is 2.18. The van der Waals surface area contributed by atoms with Crippen LogP contribution in [-0.2, 0) is 21.4 Å². The molecule has 1 aromatic carbocycles. The number of rotatable bonds is 7. The molecule has 2 aromatic rings. The van der Waals surface area contributed by atoms with Gasteiger partial charge in [0, 0.05) is 38.6 Å². The highest BCUT2D eigenvalue weighted by atomic mass is 32.2. The first-order chi connectivity index (χ1) is 14.2. The fourth-order valence-electron chi connectivity index (χ4n) is 3.21. The van der Waals surface area contributed by atoms with Crippen molar-refractivity contribution in [1.29, 1.82) is 0 Å². The zero-order chi connectivity index (χ0) is 21.9. The van der Waals surface area contributed by atoms with Crippen molar-refractivity contribution in [2.45, 2.75) is 18.0 Å². The third-order valence-corrected chi connectivity index (χ3v) is 6.73. The number of halogens is 3. The van der Waals surface area contributed by atoms with Crippen molar-refractivity contribution < 1.29 is 26.4 Å². The SMILES string of the molecule is CN(CC(=O)N1CCN(S(=O)(=O)c2ccc(F)cc2)CC1)Cc1nccn1C(F)F. The van der Waals surface area contributed by atoms with Crippen LogP contribution in [0.4, 0.5) is 13.2 Å². The summed E-state index contributed by atoms with van der Waals surface area (Å²) in [5, 5.41) is 0. The molecular weight excluding hydrogens is 423 g/mol. The first-order valence-electron chi connectivity index (χ1n) is 9.20. The minimum absolute atomic E-state index is 0.00191. The number of carbonyl (C=O) groups is 1. The number of piperazine rings is 1. The Bertz CT molecular complexity index is 973. The number of aromatic nitrogens is 2. The average Bonchev–Trinajstić information content (AvgIpc) is 3.16. The van der Waals surface area contributed by atoms with E-state index in [2.05, 4.69) is 4.98 Å². The second kappa shape index (κ2) is 9.14. The molecule has 0 unspecified atom stereocenters. The van der Waals surface area contributed by atoms with Gasteiger partial charge in [-0.1, -0.05) is 0 Å². The van der Waals surface area contributed by atoms with Crippen LogP contribution in [0.5, 0.6) is 0 Å². The zero-order valence-electron chi connectivity index (χ0n) is 16.3. The molecular formula is C18H22F3N5O3S. The van der Waals surface area contributed by atoms with Gasteiger partial charge in [-0.25, -0.2) is 17.8 Å². The van der Waals surface area contributed by atoms with Gasteiger partial charge in [-0.3, -0.25) is 14.3 Å². The third-order valence-electron chi connectivity index (χ3n) is 4.82. The average molecular weight is 445 g/mol. The number of amides is 1. The first kappa shape index (κ1) is 22.2. The molecule has 0 bridgehead atoms. The van der Waals surface area contributed by atoms with Crippen LogP contribution in [0, 0.1) is 5.82 Å². The van der Waals surface area contributed by atoms with Crippen LogP contribution >= 0.6 is 0 Å². The molecule has 12 heteroatoms. The molecule has 8 nitrogen and oxygen atoms in total. The third kappa shape index (κ3) is 4.99. The van der Waals surface area contributed by atoms with E-state index in [1.807, 2.05) is 0 Å². The van der Waals surface area contributed by atoms with Crippen LogP contribution in [0.1, 0.15) is 12.4 Å². The summed E-state index contributed by atoms with van der Waals surface area (Å²) in [4.78, 5) is 19.5. The van der Waals surface area contributed by atoms with E-state index in [9.17, 15) is 26.4 Å². The van der Waals surface area contributed by atoms with Gasteiger partial charge in [0.05, 0.1) is 18.0 Å². The van der Waals surface area contributed by atoms with Crippen LogP contribution in [0.25, 0.3) is 0 Å². The maximum atomic E-state index is 13.0. The van der Waals surface area contributed by atoms with E-state index < -0.39 is 22.4 Å². The summed E-state index contributed by atoms with van der Waals surface area (Å²) < 4.78 is 66.1. The molecule has 1 aliphatic heterocycles. The van der Waals surface area contributed by atoms with Gasteiger partial charge in [-0.2, -0.15) is 13.1 Å². The van der Waals surface area contributed by atoms with E-state index in [-0.39, 0.29) is 55.9 Å². The summed E-state index contributed by atoms with van der Waals surface area (Å²) in [6, 6.07) is 4.59. The maximum absolute atomic E-state index is 13.0. The van der Waals surface area contributed by atoms with E-state index in [4.69, 9.17) is 0 Å². The van der Waals surface area contributed by atoms with Gasteiger partial charge in [0.25, 0.3) is 0 Å². The molecule has 1 saturated heterocycles. The topological polar surface area (TPSA) is 78.8 Å². The van der Waals surface area contributed by atoms with E-state index in [0.717, 1.165) is 16.7 Å². The molecule has 0 radical (unpaired) electrons. The molecule has 2 heterocycles. The highest BCUT2D eigenvalue weighted by molar-refractivity contribution is 7.89. The lowest BCUT2D eigenvalue weighted by molar-refractivity contribution is -0.133. The number of hydrogen-bond donors (Lipinski definition) is 0. The Morgan fingerprint density at radius 3 is 2.40 bits per heavy atom. The molecule has 0 aliphatic carbocycles. The molecule has 0 N–H and O–H groups in total. The number of alkyl halides is 2. The molecule has 1 amide bonds. The van der Waals surface area contributed by atoms with Crippen molar-refractivity contribution in [1.82, 2.24) is 23.7 Å². The zero-order valence-corrected chi connectivity index (χ0v) is 17.1. The normalized spacial score (nSPS) is 15.9. The number of imidazole rings is 1. The Balaban J connectivity index is 1.53. The Morgan fingerprint density at radius 2 is 1.80 bits per heavy atom. The van der Waals surface area contributed by atoms with E-state index >= 15 is 0 Å². The summed E-state index contributed by atoms with van der Waals surface area (Å²) in [6.07, 6.45) is 2.45.